The van der Waals surface area contributed by atoms with Gasteiger partial charge in [0.1, 0.15) is 12.6 Å². The summed E-state index contributed by atoms with van der Waals surface area (Å²) in [5.41, 5.74) is -1.45. The number of sulfonamides is 1. The summed E-state index contributed by atoms with van der Waals surface area (Å²) in [5.74, 6) is -1.46. The van der Waals surface area contributed by atoms with Gasteiger partial charge in [-0.25, -0.2) is 8.42 Å². The molecule has 0 saturated carbocycles. The SMILES string of the molecule is CCCNC(=O)C(C)N(Cc1c(Cl)cccc1Cl)C(=O)CN(c1cc(C(F)(F)F)ccc1Cl)S(=O)(=O)c1ccccc1. The van der Waals surface area contributed by atoms with Gasteiger partial charge in [0, 0.05) is 28.7 Å². The van der Waals surface area contributed by atoms with Gasteiger partial charge < -0.3 is 10.2 Å². The van der Waals surface area contributed by atoms with Crippen LogP contribution >= 0.6 is 34.8 Å². The quantitative estimate of drug-likeness (QED) is 0.244. The zero-order chi connectivity index (χ0) is 31.2. The first-order valence-corrected chi connectivity index (χ1v) is 15.2. The Kier molecular flexibility index (Phi) is 11.2. The third-order valence-corrected chi connectivity index (χ3v) is 9.06. The molecule has 0 aliphatic carbocycles. The van der Waals surface area contributed by atoms with Gasteiger partial charge in [-0.1, -0.05) is 66.0 Å². The van der Waals surface area contributed by atoms with Crippen molar-refractivity contribution in [2.24, 2.45) is 0 Å². The number of carbonyl (C=O) groups excluding carboxylic acids is 2. The highest BCUT2D eigenvalue weighted by atomic mass is 35.5. The maximum absolute atomic E-state index is 13.9. The molecule has 3 rings (SSSR count). The Morgan fingerprint density at radius 2 is 1.55 bits per heavy atom. The minimum absolute atomic E-state index is 0.191. The Bertz CT molecular complexity index is 1520. The van der Waals surface area contributed by atoms with Gasteiger partial charge in [-0.2, -0.15) is 13.2 Å². The lowest BCUT2D eigenvalue weighted by Gasteiger charge is -2.32. The van der Waals surface area contributed by atoms with Crippen LogP contribution in [0.15, 0.2) is 71.6 Å². The molecule has 0 aliphatic heterocycles. The van der Waals surface area contributed by atoms with Gasteiger partial charge in [-0.15, -0.1) is 0 Å². The molecular formula is C28H27Cl3F3N3O4S. The van der Waals surface area contributed by atoms with Crippen LogP contribution in [0.25, 0.3) is 0 Å². The molecule has 42 heavy (non-hydrogen) atoms. The number of rotatable bonds is 11. The minimum Gasteiger partial charge on any atom is -0.354 e. The third kappa shape index (κ3) is 7.89. The Morgan fingerprint density at radius 3 is 2.12 bits per heavy atom. The molecule has 1 N–H and O–H groups in total. The van der Waals surface area contributed by atoms with Gasteiger partial charge in [0.15, 0.2) is 0 Å². The first-order chi connectivity index (χ1) is 19.7. The van der Waals surface area contributed by atoms with Gasteiger partial charge in [0.25, 0.3) is 10.0 Å². The average molecular weight is 665 g/mol. The highest BCUT2D eigenvalue weighted by molar-refractivity contribution is 7.92. The number of hydrogen-bond donors (Lipinski definition) is 1. The second-order valence-electron chi connectivity index (χ2n) is 9.18. The lowest BCUT2D eigenvalue weighted by atomic mass is 10.1. The largest absolute Gasteiger partial charge is 0.416 e. The molecule has 1 unspecified atom stereocenters. The fourth-order valence-corrected chi connectivity index (χ4v) is 6.18. The van der Waals surface area contributed by atoms with E-state index in [0.717, 1.165) is 11.0 Å². The molecule has 3 aromatic rings. The maximum Gasteiger partial charge on any atom is 0.416 e. The fourth-order valence-electron chi connectivity index (χ4n) is 3.95. The van der Waals surface area contributed by atoms with Crippen molar-refractivity contribution in [3.63, 3.8) is 0 Å². The first kappa shape index (κ1) is 33.5. The first-order valence-electron chi connectivity index (χ1n) is 12.6. The van der Waals surface area contributed by atoms with Crippen LogP contribution in [0.2, 0.25) is 15.1 Å². The molecular weight excluding hydrogens is 638 g/mol. The maximum atomic E-state index is 13.9. The number of amides is 2. The fraction of sp³-hybridized carbons (Fsp3) is 0.286. The zero-order valence-electron chi connectivity index (χ0n) is 22.5. The Morgan fingerprint density at radius 1 is 0.929 bits per heavy atom. The molecule has 0 spiro atoms. The number of carbonyl (C=O) groups is 2. The highest BCUT2D eigenvalue weighted by Gasteiger charge is 2.36. The molecule has 226 valence electrons. The van der Waals surface area contributed by atoms with Crippen LogP contribution < -0.4 is 9.62 Å². The molecule has 0 heterocycles. The molecule has 0 radical (unpaired) electrons. The molecule has 0 fully saturated rings. The van der Waals surface area contributed by atoms with E-state index in [1.807, 2.05) is 6.92 Å². The minimum atomic E-state index is -4.83. The zero-order valence-corrected chi connectivity index (χ0v) is 25.5. The van der Waals surface area contributed by atoms with E-state index in [0.29, 0.717) is 35.0 Å². The Labute approximate surface area is 257 Å². The summed E-state index contributed by atoms with van der Waals surface area (Å²) < 4.78 is 69.0. The highest BCUT2D eigenvalue weighted by Crippen LogP contribution is 2.37. The summed E-state index contributed by atoms with van der Waals surface area (Å²) in [6.07, 6.45) is -4.22. The Balaban J connectivity index is 2.15. The van der Waals surface area contributed by atoms with E-state index in [-0.39, 0.29) is 26.5 Å². The van der Waals surface area contributed by atoms with E-state index >= 15 is 0 Å². The van der Waals surface area contributed by atoms with E-state index in [1.54, 1.807) is 12.1 Å². The van der Waals surface area contributed by atoms with Crippen LogP contribution in [0.1, 0.15) is 31.4 Å². The van der Waals surface area contributed by atoms with Crippen LogP contribution in [0, 0.1) is 0 Å². The number of alkyl halides is 3. The van der Waals surface area contributed by atoms with E-state index in [9.17, 15) is 31.2 Å². The smallest absolute Gasteiger partial charge is 0.354 e. The predicted molar refractivity (Wildman–Crippen MR) is 157 cm³/mol. The molecule has 0 aliphatic rings. The summed E-state index contributed by atoms with van der Waals surface area (Å²) >= 11 is 18.9. The molecule has 3 aromatic carbocycles. The molecule has 0 saturated heterocycles. The lowest BCUT2D eigenvalue weighted by Crippen LogP contribution is -2.51. The molecule has 0 bridgehead atoms. The standard InChI is InChI=1S/C28H27Cl3F3N3O4S/c1-3-14-35-27(39)18(2)36(16-21-22(29)10-7-11-23(21)30)26(38)17-37(42(40,41)20-8-5-4-6-9-20)25-15-19(28(32,33)34)12-13-24(25)31/h4-13,15,18H,3,14,16-17H2,1-2H3,(H,35,39). The summed E-state index contributed by atoms with van der Waals surface area (Å²) in [4.78, 5) is 27.6. The topological polar surface area (TPSA) is 86.8 Å². The van der Waals surface area contributed by atoms with Crippen molar-refractivity contribution >= 4 is 62.3 Å². The van der Waals surface area contributed by atoms with Crippen molar-refractivity contribution in [3.05, 3.63) is 92.9 Å². The molecule has 7 nitrogen and oxygen atoms in total. The van der Waals surface area contributed by atoms with E-state index < -0.39 is 51.9 Å². The monoisotopic (exact) mass is 663 g/mol. The van der Waals surface area contributed by atoms with Gasteiger partial charge in [0.2, 0.25) is 11.8 Å². The normalized spacial score (nSPS) is 12.5. The van der Waals surface area contributed by atoms with Gasteiger partial charge >= 0.3 is 6.18 Å². The molecule has 2 amide bonds. The van der Waals surface area contributed by atoms with Crippen LogP contribution in [-0.2, 0) is 32.3 Å². The summed E-state index contributed by atoms with van der Waals surface area (Å²) in [6.45, 7) is 2.29. The van der Waals surface area contributed by atoms with Crippen LogP contribution in [-0.4, -0.2) is 44.3 Å². The molecule has 1 atom stereocenters. The summed E-state index contributed by atoms with van der Waals surface area (Å²) in [6, 6.07) is 12.5. The molecule has 14 heteroatoms. The summed E-state index contributed by atoms with van der Waals surface area (Å²) in [7, 11) is -4.64. The van der Waals surface area contributed by atoms with Crippen molar-refractivity contribution in [2.45, 2.75) is 43.9 Å². The number of nitrogens with zero attached hydrogens (tertiary/aromatic N) is 2. The number of nitrogens with one attached hydrogen (secondary N) is 1. The third-order valence-electron chi connectivity index (χ3n) is 6.26. The van der Waals surface area contributed by atoms with Crippen molar-refractivity contribution < 1.29 is 31.2 Å². The van der Waals surface area contributed by atoms with Gasteiger partial charge in [-0.05, 0) is 55.8 Å². The van der Waals surface area contributed by atoms with Crippen LogP contribution in [0.3, 0.4) is 0 Å². The van der Waals surface area contributed by atoms with Gasteiger partial charge in [0.05, 0.1) is 21.2 Å². The number of halogens is 6. The molecule has 0 aromatic heterocycles. The van der Waals surface area contributed by atoms with E-state index in [2.05, 4.69) is 5.32 Å². The van der Waals surface area contributed by atoms with E-state index in [1.165, 1.54) is 43.3 Å². The average Bonchev–Trinajstić information content (AvgIpc) is 2.94. The van der Waals surface area contributed by atoms with Crippen molar-refractivity contribution in [3.8, 4) is 0 Å². The summed E-state index contributed by atoms with van der Waals surface area (Å²) in [5, 5.41) is 2.72. The number of hydrogen-bond acceptors (Lipinski definition) is 4. The number of benzene rings is 3. The second kappa shape index (κ2) is 14.0. The predicted octanol–water partition coefficient (Wildman–Crippen LogP) is 6.80. The van der Waals surface area contributed by atoms with Crippen molar-refractivity contribution in [2.75, 3.05) is 17.4 Å². The van der Waals surface area contributed by atoms with Gasteiger partial charge in [-0.3, -0.25) is 13.9 Å². The number of anilines is 1. The van der Waals surface area contributed by atoms with Crippen molar-refractivity contribution in [1.29, 1.82) is 0 Å². The second-order valence-corrected chi connectivity index (χ2v) is 12.3. The van der Waals surface area contributed by atoms with Crippen molar-refractivity contribution in [1.82, 2.24) is 10.2 Å². The van der Waals surface area contributed by atoms with E-state index in [4.69, 9.17) is 34.8 Å². The lowest BCUT2D eigenvalue weighted by molar-refractivity contribution is -0.139. The van der Waals surface area contributed by atoms with Crippen LogP contribution in [0.4, 0.5) is 18.9 Å². The van der Waals surface area contributed by atoms with Crippen LogP contribution in [0.5, 0.6) is 0 Å². The Hall–Kier alpha value is -2.99.